The van der Waals surface area contributed by atoms with Crippen LogP contribution in [0.15, 0.2) is 42.0 Å². The van der Waals surface area contributed by atoms with Crippen molar-refractivity contribution < 1.29 is 9.53 Å². The Balaban J connectivity index is 2.34. The van der Waals surface area contributed by atoms with Gasteiger partial charge in [-0.15, -0.1) is 0 Å². The van der Waals surface area contributed by atoms with Crippen molar-refractivity contribution in [2.75, 3.05) is 19.7 Å². The molecule has 1 aliphatic heterocycles. The number of allylic oxidation sites excluding steroid dienone is 2. The van der Waals surface area contributed by atoms with Gasteiger partial charge in [-0.25, -0.2) is 4.79 Å². The van der Waals surface area contributed by atoms with Crippen LogP contribution >= 0.6 is 11.6 Å². The highest BCUT2D eigenvalue weighted by molar-refractivity contribution is 6.30. The molecule has 0 saturated carbocycles. The third-order valence-corrected chi connectivity index (χ3v) is 3.86. The van der Waals surface area contributed by atoms with Gasteiger partial charge in [0.15, 0.2) is 0 Å². The number of nitrogens with zero attached hydrogens (tertiary/aromatic N) is 2. The van der Waals surface area contributed by atoms with E-state index in [2.05, 4.69) is 4.90 Å². The molecule has 1 aromatic rings. The van der Waals surface area contributed by atoms with Gasteiger partial charge < -0.3 is 9.64 Å². The van der Waals surface area contributed by atoms with Crippen LogP contribution in [-0.2, 0) is 9.53 Å². The van der Waals surface area contributed by atoms with Crippen LogP contribution in [0.5, 0.6) is 0 Å². The van der Waals surface area contributed by atoms with Gasteiger partial charge in [0.1, 0.15) is 11.6 Å². The lowest BCUT2D eigenvalue weighted by Gasteiger charge is -2.21. The zero-order valence-electron chi connectivity index (χ0n) is 13.1. The summed E-state index contributed by atoms with van der Waals surface area (Å²) in [5.74, 6) is -0.594. The Hall–Kier alpha value is -2.25. The number of carbonyl (C=O) groups is 1. The summed E-state index contributed by atoms with van der Waals surface area (Å²) in [6.07, 6.45) is 5.61. The molecule has 1 aliphatic rings. The largest absolute Gasteiger partial charge is 0.462 e. The van der Waals surface area contributed by atoms with E-state index in [-0.39, 0.29) is 12.2 Å². The van der Waals surface area contributed by atoms with Crippen LogP contribution in [0.2, 0.25) is 5.02 Å². The first-order valence-corrected chi connectivity index (χ1v) is 8.03. The number of likely N-dealkylation sites (tertiary alicyclic amines) is 1. The number of carbonyl (C=O) groups excluding carboxylic acids is 1. The Morgan fingerprint density at radius 3 is 2.52 bits per heavy atom. The van der Waals surface area contributed by atoms with Crippen molar-refractivity contribution in [2.45, 2.75) is 19.8 Å². The SMILES string of the molecule is CCOC(=O)/C(C#N)=C/C=C(/c1ccc(Cl)cc1)N1CCCC1. The fourth-order valence-corrected chi connectivity index (χ4v) is 2.61. The normalized spacial score (nSPS) is 15.4. The van der Waals surface area contributed by atoms with Crippen LogP contribution in [0, 0.1) is 11.3 Å². The molecule has 1 aromatic carbocycles. The van der Waals surface area contributed by atoms with Gasteiger partial charge in [0.05, 0.1) is 6.61 Å². The molecule has 120 valence electrons. The second-order valence-electron chi connectivity index (χ2n) is 5.17. The van der Waals surface area contributed by atoms with E-state index in [0.29, 0.717) is 5.02 Å². The Kier molecular flexibility index (Phi) is 6.25. The van der Waals surface area contributed by atoms with E-state index in [9.17, 15) is 4.79 Å². The molecule has 0 aliphatic carbocycles. The first-order valence-electron chi connectivity index (χ1n) is 7.65. The lowest BCUT2D eigenvalue weighted by molar-refractivity contribution is -0.138. The van der Waals surface area contributed by atoms with E-state index < -0.39 is 5.97 Å². The van der Waals surface area contributed by atoms with Crippen molar-refractivity contribution in [3.05, 3.63) is 52.6 Å². The second-order valence-corrected chi connectivity index (χ2v) is 5.60. The minimum atomic E-state index is -0.594. The Morgan fingerprint density at radius 2 is 1.96 bits per heavy atom. The van der Waals surface area contributed by atoms with Gasteiger partial charge in [0, 0.05) is 23.8 Å². The van der Waals surface area contributed by atoms with E-state index in [4.69, 9.17) is 21.6 Å². The zero-order valence-corrected chi connectivity index (χ0v) is 13.8. The summed E-state index contributed by atoms with van der Waals surface area (Å²) in [5, 5.41) is 9.80. The molecule has 0 bridgehead atoms. The number of rotatable bonds is 5. The van der Waals surface area contributed by atoms with Gasteiger partial charge in [-0.1, -0.05) is 23.7 Å². The molecule has 0 spiro atoms. The molecular weight excluding hydrogens is 312 g/mol. The van der Waals surface area contributed by atoms with Crippen LogP contribution < -0.4 is 0 Å². The van der Waals surface area contributed by atoms with Gasteiger partial charge in [-0.3, -0.25) is 0 Å². The van der Waals surface area contributed by atoms with Crippen molar-refractivity contribution >= 4 is 23.3 Å². The van der Waals surface area contributed by atoms with Crippen LogP contribution in [0.25, 0.3) is 5.70 Å². The molecule has 0 aromatic heterocycles. The number of hydrogen-bond acceptors (Lipinski definition) is 4. The van der Waals surface area contributed by atoms with E-state index in [1.54, 1.807) is 6.92 Å². The lowest BCUT2D eigenvalue weighted by atomic mass is 10.1. The average molecular weight is 331 g/mol. The molecule has 0 N–H and O–H groups in total. The highest BCUT2D eigenvalue weighted by atomic mass is 35.5. The average Bonchev–Trinajstić information content (AvgIpc) is 3.07. The summed E-state index contributed by atoms with van der Waals surface area (Å²) < 4.78 is 4.88. The van der Waals surface area contributed by atoms with Gasteiger partial charge in [0.2, 0.25) is 0 Å². The van der Waals surface area contributed by atoms with Gasteiger partial charge >= 0.3 is 5.97 Å². The molecular formula is C18H19ClN2O2. The number of hydrogen-bond donors (Lipinski definition) is 0. The van der Waals surface area contributed by atoms with Crippen molar-refractivity contribution in [3.63, 3.8) is 0 Å². The molecule has 4 nitrogen and oxygen atoms in total. The Morgan fingerprint density at radius 1 is 1.30 bits per heavy atom. The Labute approximate surface area is 141 Å². The van der Waals surface area contributed by atoms with E-state index in [1.165, 1.54) is 6.08 Å². The van der Waals surface area contributed by atoms with Gasteiger partial charge in [0.25, 0.3) is 0 Å². The number of benzene rings is 1. The van der Waals surface area contributed by atoms with E-state index in [0.717, 1.165) is 37.2 Å². The third-order valence-electron chi connectivity index (χ3n) is 3.61. The minimum Gasteiger partial charge on any atom is -0.462 e. The summed E-state index contributed by atoms with van der Waals surface area (Å²) in [4.78, 5) is 14.0. The summed E-state index contributed by atoms with van der Waals surface area (Å²) in [7, 11) is 0. The maximum Gasteiger partial charge on any atom is 0.348 e. The standard InChI is InChI=1S/C18H19ClN2O2/c1-2-23-18(22)15(13-20)7-10-17(21-11-3-4-12-21)14-5-8-16(19)9-6-14/h5-10H,2-4,11-12H2,1H3/b15-7+,17-10-. The molecule has 0 amide bonds. The van der Waals surface area contributed by atoms with Crippen LogP contribution in [0.4, 0.5) is 0 Å². The van der Waals surface area contributed by atoms with E-state index in [1.807, 2.05) is 36.4 Å². The molecule has 2 rings (SSSR count). The molecule has 23 heavy (non-hydrogen) atoms. The summed E-state index contributed by atoms with van der Waals surface area (Å²) in [6.45, 7) is 3.89. The highest BCUT2D eigenvalue weighted by Crippen LogP contribution is 2.25. The number of nitriles is 1. The van der Waals surface area contributed by atoms with Gasteiger partial charge in [-0.2, -0.15) is 5.26 Å². The fourth-order valence-electron chi connectivity index (χ4n) is 2.48. The fraction of sp³-hybridized carbons (Fsp3) is 0.333. The highest BCUT2D eigenvalue weighted by Gasteiger charge is 2.16. The van der Waals surface area contributed by atoms with Crippen LogP contribution in [0.3, 0.4) is 0 Å². The lowest BCUT2D eigenvalue weighted by Crippen LogP contribution is -2.17. The van der Waals surface area contributed by atoms with Crippen molar-refractivity contribution in [2.24, 2.45) is 0 Å². The maximum atomic E-state index is 11.7. The van der Waals surface area contributed by atoms with Crippen LogP contribution in [0.1, 0.15) is 25.3 Å². The Bertz CT molecular complexity index is 651. The van der Waals surface area contributed by atoms with Crippen molar-refractivity contribution in [3.8, 4) is 6.07 Å². The summed E-state index contributed by atoms with van der Waals surface area (Å²) in [6, 6.07) is 9.45. The number of halogens is 1. The molecule has 0 radical (unpaired) electrons. The molecule has 1 heterocycles. The third kappa shape index (κ3) is 4.61. The van der Waals surface area contributed by atoms with Crippen molar-refractivity contribution in [1.29, 1.82) is 5.26 Å². The summed E-state index contributed by atoms with van der Waals surface area (Å²) >= 11 is 5.95. The zero-order chi connectivity index (χ0) is 16.7. The predicted molar refractivity (Wildman–Crippen MR) is 90.6 cm³/mol. The second kappa shape index (κ2) is 8.40. The molecule has 0 atom stereocenters. The number of ether oxygens (including phenoxy) is 1. The first kappa shape index (κ1) is 17.1. The topological polar surface area (TPSA) is 53.3 Å². The van der Waals surface area contributed by atoms with E-state index >= 15 is 0 Å². The maximum absolute atomic E-state index is 11.7. The molecule has 0 unspecified atom stereocenters. The smallest absolute Gasteiger partial charge is 0.348 e. The monoisotopic (exact) mass is 330 g/mol. The predicted octanol–water partition coefficient (Wildman–Crippen LogP) is 3.79. The molecule has 5 heteroatoms. The molecule has 1 fully saturated rings. The van der Waals surface area contributed by atoms with Crippen molar-refractivity contribution in [1.82, 2.24) is 4.90 Å². The van der Waals surface area contributed by atoms with Gasteiger partial charge in [-0.05, 0) is 49.6 Å². The van der Waals surface area contributed by atoms with Crippen LogP contribution in [-0.4, -0.2) is 30.6 Å². The number of esters is 1. The first-order chi connectivity index (χ1) is 11.2. The minimum absolute atomic E-state index is 0.00231. The molecule has 1 saturated heterocycles. The summed E-state index contributed by atoms with van der Waals surface area (Å²) in [5.41, 5.74) is 1.99. The quantitative estimate of drug-likeness (QED) is 0.357.